The molecule has 0 aliphatic rings. The molecule has 1 aromatic carbocycles. The second-order valence-corrected chi connectivity index (χ2v) is 3.68. The van der Waals surface area contributed by atoms with E-state index in [1.54, 1.807) is 24.3 Å². The summed E-state index contributed by atoms with van der Waals surface area (Å²) in [4.78, 5) is 11.7. The van der Waals surface area contributed by atoms with Crippen LogP contribution in [0.2, 0.25) is 0 Å². The van der Waals surface area contributed by atoms with Gasteiger partial charge < -0.3 is 16.2 Å². The maximum Gasteiger partial charge on any atom is 0.228 e. The van der Waals surface area contributed by atoms with Crippen LogP contribution < -0.4 is 11.1 Å². The molecule has 0 unspecified atom stereocenters. The molecule has 0 aliphatic heterocycles. The SMILES string of the molecule is C=C/C=C(\C=C)CC(=O)Nc1cc(N)ccc1O. The van der Waals surface area contributed by atoms with Gasteiger partial charge in [-0.25, -0.2) is 0 Å². The molecule has 4 heteroatoms. The Kier molecular flexibility index (Phi) is 4.75. The summed E-state index contributed by atoms with van der Waals surface area (Å²) in [5.41, 5.74) is 7.08. The number of phenols is 1. The van der Waals surface area contributed by atoms with Crippen molar-refractivity contribution in [2.45, 2.75) is 6.42 Å². The molecule has 1 amide bonds. The first-order chi connectivity index (χ1) is 8.56. The fraction of sp³-hybridized carbons (Fsp3) is 0.0714. The number of rotatable bonds is 5. The zero-order chi connectivity index (χ0) is 13.5. The Bertz CT molecular complexity index is 505. The van der Waals surface area contributed by atoms with Gasteiger partial charge in [0.05, 0.1) is 12.1 Å². The molecule has 0 heterocycles. The van der Waals surface area contributed by atoms with E-state index in [-0.39, 0.29) is 18.1 Å². The lowest BCUT2D eigenvalue weighted by Crippen LogP contribution is -2.12. The molecule has 0 spiro atoms. The lowest BCUT2D eigenvalue weighted by Gasteiger charge is -2.08. The average Bonchev–Trinajstić information content (AvgIpc) is 2.33. The van der Waals surface area contributed by atoms with E-state index in [0.717, 1.165) is 5.57 Å². The number of nitrogens with two attached hydrogens (primary N) is 1. The van der Waals surface area contributed by atoms with Crippen molar-refractivity contribution in [3.05, 3.63) is 55.2 Å². The molecular weight excluding hydrogens is 228 g/mol. The van der Waals surface area contributed by atoms with E-state index in [9.17, 15) is 9.90 Å². The number of amides is 1. The summed E-state index contributed by atoms with van der Waals surface area (Å²) in [6.45, 7) is 7.16. The molecule has 0 aliphatic carbocycles. The normalized spacial score (nSPS) is 10.8. The van der Waals surface area contributed by atoms with E-state index < -0.39 is 0 Å². The lowest BCUT2D eigenvalue weighted by atomic mass is 10.1. The highest BCUT2D eigenvalue weighted by molar-refractivity contribution is 5.94. The van der Waals surface area contributed by atoms with E-state index in [4.69, 9.17) is 5.73 Å². The number of carbonyl (C=O) groups is 1. The number of benzene rings is 1. The Hall–Kier alpha value is -2.49. The maximum atomic E-state index is 11.7. The Balaban J connectivity index is 2.76. The molecule has 1 rings (SSSR count). The van der Waals surface area contributed by atoms with Crippen molar-refractivity contribution in [3.8, 4) is 5.75 Å². The van der Waals surface area contributed by atoms with Crippen LogP contribution in [-0.2, 0) is 4.79 Å². The van der Waals surface area contributed by atoms with Crippen LogP contribution in [0.1, 0.15) is 6.42 Å². The lowest BCUT2D eigenvalue weighted by molar-refractivity contribution is -0.115. The number of aromatic hydroxyl groups is 1. The number of phenolic OH excluding ortho intramolecular Hbond substituents is 1. The van der Waals surface area contributed by atoms with E-state index in [2.05, 4.69) is 18.5 Å². The first kappa shape index (κ1) is 13.6. The third kappa shape index (κ3) is 3.83. The molecule has 0 bridgehead atoms. The van der Waals surface area contributed by atoms with Crippen LogP contribution in [0.5, 0.6) is 5.75 Å². The topological polar surface area (TPSA) is 75.4 Å². The largest absolute Gasteiger partial charge is 0.506 e. The number of carbonyl (C=O) groups excluding carboxylic acids is 1. The van der Waals surface area contributed by atoms with Gasteiger partial charge in [0.1, 0.15) is 5.75 Å². The second-order valence-electron chi connectivity index (χ2n) is 3.68. The monoisotopic (exact) mass is 244 g/mol. The molecule has 0 saturated heterocycles. The number of allylic oxidation sites excluding steroid dienone is 3. The van der Waals surface area contributed by atoms with Crippen molar-refractivity contribution in [2.24, 2.45) is 0 Å². The molecule has 4 nitrogen and oxygen atoms in total. The van der Waals surface area contributed by atoms with E-state index >= 15 is 0 Å². The van der Waals surface area contributed by atoms with Gasteiger partial charge in [-0.1, -0.05) is 31.4 Å². The fourth-order valence-corrected chi connectivity index (χ4v) is 1.38. The smallest absolute Gasteiger partial charge is 0.228 e. The maximum absolute atomic E-state index is 11.7. The minimum absolute atomic E-state index is 0.0228. The third-order valence-corrected chi connectivity index (χ3v) is 2.25. The van der Waals surface area contributed by atoms with Gasteiger partial charge >= 0.3 is 0 Å². The zero-order valence-corrected chi connectivity index (χ0v) is 10.0. The highest BCUT2D eigenvalue weighted by Gasteiger charge is 2.07. The van der Waals surface area contributed by atoms with Crippen LogP contribution in [0.15, 0.2) is 55.2 Å². The summed E-state index contributed by atoms with van der Waals surface area (Å²) in [5, 5.41) is 12.1. The van der Waals surface area contributed by atoms with Crippen LogP contribution in [0.3, 0.4) is 0 Å². The van der Waals surface area contributed by atoms with E-state index in [1.807, 2.05) is 0 Å². The highest BCUT2D eigenvalue weighted by atomic mass is 16.3. The predicted octanol–water partition coefficient (Wildman–Crippen LogP) is 2.60. The van der Waals surface area contributed by atoms with Crippen molar-refractivity contribution in [1.82, 2.24) is 0 Å². The first-order valence-electron chi connectivity index (χ1n) is 5.39. The summed E-state index contributed by atoms with van der Waals surface area (Å²) in [7, 11) is 0. The van der Waals surface area contributed by atoms with Gasteiger partial charge in [0, 0.05) is 5.69 Å². The minimum Gasteiger partial charge on any atom is -0.506 e. The number of nitrogens with one attached hydrogen (secondary N) is 1. The first-order valence-corrected chi connectivity index (χ1v) is 5.39. The molecule has 1 aromatic rings. The number of hydrogen-bond acceptors (Lipinski definition) is 3. The Labute approximate surface area is 106 Å². The van der Waals surface area contributed by atoms with Crippen LogP contribution in [0, 0.1) is 0 Å². The minimum atomic E-state index is -0.260. The standard InChI is InChI=1S/C14H16N2O2/c1-3-5-10(4-2)8-14(18)16-12-9-11(15)6-7-13(12)17/h3-7,9,17H,1-2,8,15H2,(H,16,18)/b10-5+. The Morgan fingerprint density at radius 2 is 2.17 bits per heavy atom. The Morgan fingerprint density at radius 3 is 2.78 bits per heavy atom. The van der Waals surface area contributed by atoms with Crippen LogP contribution in [0.25, 0.3) is 0 Å². The van der Waals surface area contributed by atoms with Gasteiger partial charge in [0.2, 0.25) is 5.91 Å². The molecule has 0 atom stereocenters. The summed E-state index contributed by atoms with van der Waals surface area (Å²) in [5.74, 6) is -0.283. The summed E-state index contributed by atoms with van der Waals surface area (Å²) >= 11 is 0. The van der Waals surface area contributed by atoms with E-state index in [0.29, 0.717) is 11.4 Å². The number of hydrogen-bond donors (Lipinski definition) is 3. The molecule has 18 heavy (non-hydrogen) atoms. The van der Waals surface area contributed by atoms with Crippen molar-refractivity contribution < 1.29 is 9.90 Å². The predicted molar refractivity (Wildman–Crippen MR) is 74.2 cm³/mol. The van der Waals surface area contributed by atoms with Gasteiger partial charge in [0.25, 0.3) is 0 Å². The molecule has 4 N–H and O–H groups in total. The second kappa shape index (κ2) is 6.30. The van der Waals surface area contributed by atoms with Crippen LogP contribution in [0.4, 0.5) is 11.4 Å². The molecular formula is C14H16N2O2. The molecule has 0 saturated carbocycles. The van der Waals surface area contributed by atoms with Gasteiger partial charge in [0.15, 0.2) is 0 Å². The zero-order valence-electron chi connectivity index (χ0n) is 10.0. The van der Waals surface area contributed by atoms with E-state index in [1.165, 1.54) is 12.1 Å². The highest BCUT2D eigenvalue weighted by Crippen LogP contribution is 2.25. The van der Waals surface area contributed by atoms with Gasteiger partial charge in [-0.05, 0) is 23.8 Å². The summed E-state index contributed by atoms with van der Waals surface area (Å²) < 4.78 is 0. The molecule has 0 radical (unpaired) electrons. The Morgan fingerprint density at radius 1 is 1.44 bits per heavy atom. The number of anilines is 2. The molecule has 0 aromatic heterocycles. The summed E-state index contributed by atoms with van der Waals surface area (Å²) in [6, 6.07) is 4.48. The van der Waals surface area contributed by atoms with Crippen molar-refractivity contribution in [1.29, 1.82) is 0 Å². The number of nitrogen functional groups attached to an aromatic ring is 1. The summed E-state index contributed by atoms with van der Waals surface area (Å²) in [6.07, 6.45) is 5.03. The van der Waals surface area contributed by atoms with Gasteiger partial charge in [-0.2, -0.15) is 0 Å². The quantitative estimate of drug-likeness (QED) is 0.322. The van der Waals surface area contributed by atoms with Crippen molar-refractivity contribution in [2.75, 3.05) is 11.1 Å². The molecule has 0 fully saturated rings. The van der Waals surface area contributed by atoms with Crippen LogP contribution in [-0.4, -0.2) is 11.0 Å². The van der Waals surface area contributed by atoms with Crippen molar-refractivity contribution in [3.63, 3.8) is 0 Å². The van der Waals surface area contributed by atoms with Crippen molar-refractivity contribution >= 4 is 17.3 Å². The van der Waals surface area contributed by atoms with Crippen LogP contribution >= 0.6 is 0 Å². The van der Waals surface area contributed by atoms with Gasteiger partial charge in [-0.15, -0.1) is 0 Å². The fourth-order valence-electron chi connectivity index (χ4n) is 1.38. The third-order valence-electron chi connectivity index (χ3n) is 2.25. The average molecular weight is 244 g/mol. The molecule has 94 valence electrons. The van der Waals surface area contributed by atoms with Gasteiger partial charge in [-0.3, -0.25) is 4.79 Å².